The van der Waals surface area contributed by atoms with Gasteiger partial charge in [0.2, 0.25) is 11.8 Å². The molecule has 0 aliphatic rings. The molecule has 0 spiro atoms. The predicted molar refractivity (Wildman–Crippen MR) is 111 cm³/mol. The van der Waals surface area contributed by atoms with Crippen molar-refractivity contribution in [2.75, 3.05) is 11.9 Å². The molecule has 0 heterocycles. The SMILES string of the molecule is CCOc1ccc(C=NNC(=O)CC(=O)Nc2ccccc2F)c2ccccc12. The minimum atomic E-state index is -0.630. The van der Waals surface area contributed by atoms with Gasteiger partial charge in [-0.3, -0.25) is 9.59 Å². The van der Waals surface area contributed by atoms with Gasteiger partial charge < -0.3 is 10.1 Å². The van der Waals surface area contributed by atoms with Crippen molar-refractivity contribution < 1.29 is 18.7 Å². The normalized spacial score (nSPS) is 10.8. The molecule has 0 bridgehead atoms. The number of para-hydroxylation sites is 1. The Bertz CT molecular complexity index is 1070. The van der Waals surface area contributed by atoms with Crippen LogP contribution in [0.3, 0.4) is 0 Å². The van der Waals surface area contributed by atoms with E-state index >= 15 is 0 Å². The van der Waals surface area contributed by atoms with E-state index in [0.717, 1.165) is 22.1 Å². The molecule has 3 rings (SSSR count). The number of hydrogen-bond donors (Lipinski definition) is 2. The highest BCUT2D eigenvalue weighted by molar-refractivity contribution is 6.05. The second-order valence-electron chi connectivity index (χ2n) is 6.13. The van der Waals surface area contributed by atoms with Crippen LogP contribution in [0.5, 0.6) is 5.75 Å². The van der Waals surface area contributed by atoms with Crippen molar-refractivity contribution in [2.24, 2.45) is 5.10 Å². The molecular formula is C22H20FN3O3. The first kappa shape index (κ1) is 20.0. The number of ether oxygens (including phenoxy) is 1. The summed E-state index contributed by atoms with van der Waals surface area (Å²) in [5.74, 6) is -1.03. The molecule has 7 heteroatoms. The Hall–Kier alpha value is -3.74. The highest BCUT2D eigenvalue weighted by Gasteiger charge is 2.11. The Morgan fingerprint density at radius 3 is 2.48 bits per heavy atom. The summed E-state index contributed by atoms with van der Waals surface area (Å²) < 4.78 is 19.2. The first-order valence-electron chi connectivity index (χ1n) is 9.09. The van der Waals surface area contributed by atoms with Gasteiger partial charge in [0.1, 0.15) is 18.0 Å². The average Bonchev–Trinajstić information content (AvgIpc) is 2.71. The number of hydrazone groups is 1. The molecule has 0 atom stereocenters. The number of carbonyl (C=O) groups excluding carboxylic acids is 2. The summed E-state index contributed by atoms with van der Waals surface area (Å²) in [4.78, 5) is 23.8. The fraction of sp³-hybridized carbons (Fsp3) is 0.136. The number of rotatable bonds is 7. The Labute approximate surface area is 167 Å². The summed E-state index contributed by atoms with van der Waals surface area (Å²) in [6, 6.07) is 17.1. The molecule has 2 N–H and O–H groups in total. The summed E-state index contributed by atoms with van der Waals surface area (Å²) in [5, 5.41) is 8.14. The van der Waals surface area contributed by atoms with E-state index in [1.165, 1.54) is 24.4 Å². The lowest BCUT2D eigenvalue weighted by molar-refractivity contribution is -0.126. The second-order valence-corrected chi connectivity index (χ2v) is 6.13. The first-order valence-corrected chi connectivity index (χ1v) is 9.09. The smallest absolute Gasteiger partial charge is 0.249 e. The van der Waals surface area contributed by atoms with Gasteiger partial charge in [0.05, 0.1) is 18.5 Å². The number of benzene rings is 3. The van der Waals surface area contributed by atoms with Gasteiger partial charge in [-0.1, -0.05) is 36.4 Å². The molecule has 3 aromatic carbocycles. The first-order chi connectivity index (χ1) is 14.1. The molecule has 2 amide bonds. The summed E-state index contributed by atoms with van der Waals surface area (Å²) in [5.41, 5.74) is 3.13. The van der Waals surface area contributed by atoms with E-state index in [1.54, 1.807) is 6.07 Å². The summed E-state index contributed by atoms with van der Waals surface area (Å²) in [7, 11) is 0. The van der Waals surface area contributed by atoms with Crippen LogP contribution in [0.15, 0.2) is 65.8 Å². The maximum atomic E-state index is 13.5. The van der Waals surface area contributed by atoms with Crippen LogP contribution in [0.1, 0.15) is 18.9 Å². The molecule has 29 heavy (non-hydrogen) atoms. The molecule has 0 aromatic heterocycles. The van der Waals surface area contributed by atoms with Crippen LogP contribution in [-0.2, 0) is 9.59 Å². The number of hydrogen-bond acceptors (Lipinski definition) is 4. The Morgan fingerprint density at radius 1 is 1.00 bits per heavy atom. The minimum Gasteiger partial charge on any atom is -0.493 e. The molecule has 0 aliphatic carbocycles. The topological polar surface area (TPSA) is 79.8 Å². The van der Waals surface area contributed by atoms with E-state index in [9.17, 15) is 14.0 Å². The molecule has 0 aliphatic heterocycles. The third-order valence-corrected chi connectivity index (χ3v) is 4.08. The molecule has 0 saturated carbocycles. The fourth-order valence-electron chi connectivity index (χ4n) is 2.80. The van der Waals surface area contributed by atoms with E-state index in [-0.39, 0.29) is 5.69 Å². The summed E-state index contributed by atoms with van der Waals surface area (Å²) >= 11 is 0. The van der Waals surface area contributed by atoms with Crippen LogP contribution in [-0.4, -0.2) is 24.6 Å². The van der Waals surface area contributed by atoms with E-state index in [1.807, 2.05) is 43.3 Å². The van der Waals surface area contributed by atoms with Crippen LogP contribution in [0.4, 0.5) is 10.1 Å². The van der Waals surface area contributed by atoms with Gasteiger partial charge in [-0.2, -0.15) is 5.10 Å². The van der Waals surface area contributed by atoms with Crippen LogP contribution in [0, 0.1) is 5.82 Å². The zero-order chi connectivity index (χ0) is 20.6. The number of halogens is 1. The Kier molecular flexibility index (Phi) is 6.52. The van der Waals surface area contributed by atoms with E-state index in [0.29, 0.717) is 6.61 Å². The summed E-state index contributed by atoms with van der Waals surface area (Å²) in [6.45, 7) is 2.48. The molecule has 6 nitrogen and oxygen atoms in total. The lowest BCUT2D eigenvalue weighted by Crippen LogP contribution is -2.24. The van der Waals surface area contributed by atoms with Crippen LogP contribution >= 0.6 is 0 Å². The zero-order valence-corrected chi connectivity index (χ0v) is 15.8. The number of anilines is 1. The number of fused-ring (bicyclic) bond motifs is 1. The molecule has 0 unspecified atom stereocenters. The van der Waals surface area contributed by atoms with Crippen molar-refractivity contribution in [1.82, 2.24) is 5.43 Å². The third-order valence-electron chi connectivity index (χ3n) is 4.08. The average molecular weight is 393 g/mol. The number of carbonyl (C=O) groups is 2. The summed E-state index contributed by atoms with van der Waals surface area (Å²) in [6.07, 6.45) is 1.03. The van der Waals surface area contributed by atoms with Crippen LogP contribution < -0.4 is 15.5 Å². The van der Waals surface area contributed by atoms with Gasteiger partial charge >= 0.3 is 0 Å². The maximum Gasteiger partial charge on any atom is 0.249 e. The zero-order valence-electron chi connectivity index (χ0n) is 15.8. The highest BCUT2D eigenvalue weighted by Crippen LogP contribution is 2.27. The van der Waals surface area contributed by atoms with Crippen molar-refractivity contribution >= 4 is 34.5 Å². The molecule has 0 radical (unpaired) electrons. The number of nitrogens with one attached hydrogen (secondary N) is 2. The molecule has 0 saturated heterocycles. The largest absolute Gasteiger partial charge is 0.493 e. The fourth-order valence-corrected chi connectivity index (χ4v) is 2.80. The van der Waals surface area contributed by atoms with Crippen molar-refractivity contribution in [2.45, 2.75) is 13.3 Å². The van der Waals surface area contributed by atoms with E-state index < -0.39 is 24.1 Å². The monoisotopic (exact) mass is 393 g/mol. The van der Waals surface area contributed by atoms with Gasteiger partial charge in [-0.15, -0.1) is 0 Å². The van der Waals surface area contributed by atoms with Gasteiger partial charge in [0.15, 0.2) is 0 Å². The Morgan fingerprint density at radius 2 is 1.72 bits per heavy atom. The Balaban J connectivity index is 1.62. The number of nitrogens with zero attached hydrogens (tertiary/aromatic N) is 1. The standard InChI is InChI=1S/C22H20FN3O3/c1-2-29-20-12-11-15(16-7-3-4-8-17(16)20)14-24-26-22(28)13-21(27)25-19-10-6-5-9-18(19)23/h3-12,14H,2,13H2,1H3,(H,25,27)(H,26,28). The van der Waals surface area contributed by atoms with Crippen LogP contribution in [0.2, 0.25) is 0 Å². The quantitative estimate of drug-likeness (QED) is 0.363. The van der Waals surface area contributed by atoms with Crippen LogP contribution in [0.25, 0.3) is 10.8 Å². The van der Waals surface area contributed by atoms with Gasteiger partial charge in [-0.05, 0) is 36.6 Å². The predicted octanol–water partition coefficient (Wildman–Crippen LogP) is 3.86. The van der Waals surface area contributed by atoms with Gasteiger partial charge in [-0.25, -0.2) is 9.82 Å². The molecule has 3 aromatic rings. The van der Waals surface area contributed by atoms with E-state index in [4.69, 9.17) is 4.74 Å². The van der Waals surface area contributed by atoms with E-state index in [2.05, 4.69) is 15.8 Å². The van der Waals surface area contributed by atoms with Gasteiger partial charge in [0, 0.05) is 10.9 Å². The van der Waals surface area contributed by atoms with Gasteiger partial charge in [0.25, 0.3) is 0 Å². The third kappa shape index (κ3) is 5.16. The van der Waals surface area contributed by atoms with Crippen molar-refractivity contribution in [3.8, 4) is 5.75 Å². The minimum absolute atomic E-state index is 0.0228. The number of amides is 2. The molecule has 148 valence electrons. The maximum absolute atomic E-state index is 13.5. The second kappa shape index (κ2) is 9.45. The molecule has 0 fully saturated rings. The lowest BCUT2D eigenvalue weighted by atomic mass is 10.0. The molecular weight excluding hydrogens is 373 g/mol. The van der Waals surface area contributed by atoms with Crippen molar-refractivity contribution in [3.05, 3.63) is 72.0 Å². The van der Waals surface area contributed by atoms with Crippen molar-refractivity contribution in [3.63, 3.8) is 0 Å². The lowest BCUT2D eigenvalue weighted by Gasteiger charge is -2.09. The highest BCUT2D eigenvalue weighted by atomic mass is 19.1. The van der Waals surface area contributed by atoms with Crippen molar-refractivity contribution in [1.29, 1.82) is 0 Å².